The van der Waals surface area contributed by atoms with Crippen LogP contribution in [0.3, 0.4) is 0 Å². The van der Waals surface area contributed by atoms with Gasteiger partial charge in [-0.15, -0.1) is 0 Å². The molecule has 3 aromatic heterocycles. The van der Waals surface area contributed by atoms with Crippen LogP contribution in [0.4, 0.5) is 0 Å². The van der Waals surface area contributed by atoms with Crippen LogP contribution in [0.15, 0.2) is 59.7 Å². The van der Waals surface area contributed by atoms with E-state index in [-0.39, 0.29) is 17.6 Å². The maximum Gasteiger partial charge on any atom is 0.330 e. The number of amides is 1. The number of hydrogen-bond donors (Lipinski definition) is 1. The molecule has 0 saturated carbocycles. The van der Waals surface area contributed by atoms with Crippen molar-refractivity contribution in [1.82, 2.24) is 29.2 Å². The molecule has 0 bridgehead atoms. The second kappa shape index (κ2) is 7.29. The first-order chi connectivity index (χ1) is 14.7. The summed E-state index contributed by atoms with van der Waals surface area (Å²) in [7, 11) is 0. The molecule has 1 N–H and O–H groups in total. The average molecular weight is 402 g/mol. The maximum absolute atomic E-state index is 13.2. The number of rotatable bonds is 4. The number of hydrogen-bond acceptors (Lipinski definition) is 4. The molecule has 0 unspecified atom stereocenters. The summed E-state index contributed by atoms with van der Waals surface area (Å²) in [5.41, 5.74) is 3.61. The van der Waals surface area contributed by atoms with Gasteiger partial charge in [0.05, 0.1) is 29.0 Å². The van der Waals surface area contributed by atoms with Crippen molar-refractivity contribution in [2.45, 2.75) is 25.9 Å². The molecule has 0 aliphatic carbocycles. The standard InChI is InChI=1S/C22H22N6O2/c1-2-27-18-9-6-11-23-20(18)28(22(27)30)16-10-12-26(14-16)21(29)17-13-24-25-19(17)15-7-4-3-5-8-15/h3-9,11,13,16H,2,10,12,14H2,1H3,(H,24,25)/t16-/m1/s1. The number of carbonyl (C=O) groups excluding carboxylic acids is 1. The lowest BCUT2D eigenvalue weighted by Gasteiger charge is -2.17. The average Bonchev–Trinajstić information content (AvgIpc) is 3.51. The summed E-state index contributed by atoms with van der Waals surface area (Å²) >= 11 is 0. The summed E-state index contributed by atoms with van der Waals surface area (Å²) in [6.07, 6.45) is 3.99. The Labute approximate surface area is 172 Å². The summed E-state index contributed by atoms with van der Waals surface area (Å²) in [4.78, 5) is 32.5. The topological polar surface area (TPSA) is 88.8 Å². The fourth-order valence-corrected chi connectivity index (χ4v) is 4.32. The zero-order chi connectivity index (χ0) is 20.7. The molecule has 1 aliphatic heterocycles. The predicted molar refractivity (Wildman–Crippen MR) is 113 cm³/mol. The Bertz CT molecular complexity index is 1270. The van der Waals surface area contributed by atoms with Crippen molar-refractivity contribution < 1.29 is 4.79 Å². The van der Waals surface area contributed by atoms with Gasteiger partial charge in [-0.05, 0) is 25.5 Å². The highest BCUT2D eigenvalue weighted by atomic mass is 16.2. The number of nitrogens with zero attached hydrogens (tertiary/aromatic N) is 5. The van der Waals surface area contributed by atoms with Crippen molar-refractivity contribution in [3.63, 3.8) is 0 Å². The van der Waals surface area contributed by atoms with Gasteiger partial charge in [-0.25, -0.2) is 9.78 Å². The van der Waals surface area contributed by atoms with E-state index in [0.29, 0.717) is 43.0 Å². The van der Waals surface area contributed by atoms with Crippen LogP contribution in [0.2, 0.25) is 0 Å². The van der Waals surface area contributed by atoms with Gasteiger partial charge in [-0.1, -0.05) is 30.3 Å². The van der Waals surface area contributed by atoms with E-state index in [9.17, 15) is 9.59 Å². The van der Waals surface area contributed by atoms with Gasteiger partial charge in [0.25, 0.3) is 5.91 Å². The van der Waals surface area contributed by atoms with Crippen molar-refractivity contribution in [3.8, 4) is 11.3 Å². The predicted octanol–water partition coefficient (Wildman–Crippen LogP) is 2.70. The van der Waals surface area contributed by atoms with Gasteiger partial charge in [0.2, 0.25) is 0 Å². The molecule has 1 aromatic carbocycles. The Morgan fingerprint density at radius 2 is 2.03 bits per heavy atom. The van der Waals surface area contributed by atoms with E-state index in [1.807, 2.05) is 49.4 Å². The normalized spacial score (nSPS) is 16.4. The molecular formula is C22H22N6O2. The van der Waals surface area contributed by atoms with E-state index in [4.69, 9.17) is 0 Å². The van der Waals surface area contributed by atoms with Crippen LogP contribution in [0.25, 0.3) is 22.4 Å². The van der Waals surface area contributed by atoms with Crippen LogP contribution in [-0.2, 0) is 6.54 Å². The van der Waals surface area contributed by atoms with Crippen LogP contribution in [0.5, 0.6) is 0 Å². The van der Waals surface area contributed by atoms with Crippen molar-refractivity contribution in [1.29, 1.82) is 0 Å². The number of likely N-dealkylation sites (tertiary alicyclic amines) is 1. The number of nitrogens with one attached hydrogen (secondary N) is 1. The van der Waals surface area contributed by atoms with Crippen LogP contribution < -0.4 is 5.69 Å². The first-order valence-electron chi connectivity index (χ1n) is 10.1. The molecule has 1 saturated heterocycles. The van der Waals surface area contributed by atoms with Crippen LogP contribution in [0.1, 0.15) is 29.7 Å². The molecule has 0 spiro atoms. The SMILES string of the molecule is CCn1c(=O)n([C@@H]2CCN(C(=O)c3cn[nH]c3-c3ccccc3)C2)c2ncccc21. The first kappa shape index (κ1) is 18.4. The fraction of sp³-hybridized carbons (Fsp3) is 0.273. The van der Waals surface area contributed by atoms with Crippen LogP contribution in [-0.4, -0.2) is 48.2 Å². The zero-order valence-corrected chi connectivity index (χ0v) is 16.7. The van der Waals surface area contributed by atoms with E-state index in [2.05, 4.69) is 15.2 Å². The second-order valence-electron chi connectivity index (χ2n) is 7.46. The minimum atomic E-state index is -0.0984. The molecule has 152 valence electrons. The van der Waals surface area contributed by atoms with Gasteiger partial charge >= 0.3 is 5.69 Å². The molecule has 1 amide bonds. The molecule has 8 nitrogen and oxygen atoms in total. The van der Waals surface area contributed by atoms with E-state index < -0.39 is 0 Å². The number of aromatic amines is 1. The third kappa shape index (κ3) is 2.83. The third-order valence-corrected chi connectivity index (χ3v) is 5.79. The number of pyridine rings is 1. The monoisotopic (exact) mass is 402 g/mol. The van der Waals surface area contributed by atoms with Crippen LogP contribution >= 0.6 is 0 Å². The zero-order valence-electron chi connectivity index (χ0n) is 16.7. The molecule has 0 radical (unpaired) electrons. The number of fused-ring (bicyclic) bond motifs is 1. The largest absolute Gasteiger partial charge is 0.336 e. The number of benzene rings is 1. The Kier molecular flexibility index (Phi) is 4.46. The molecule has 1 atom stereocenters. The van der Waals surface area contributed by atoms with Gasteiger partial charge in [-0.2, -0.15) is 5.10 Å². The van der Waals surface area contributed by atoms with Gasteiger partial charge in [0.15, 0.2) is 5.65 Å². The van der Waals surface area contributed by atoms with Gasteiger partial charge in [0, 0.05) is 31.4 Å². The lowest BCUT2D eigenvalue weighted by atomic mass is 10.1. The minimum Gasteiger partial charge on any atom is -0.336 e. The fourth-order valence-electron chi connectivity index (χ4n) is 4.32. The maximum atomic E-state index is 13.2. The lowest BCUT2D eigenvalue weighted by Crippen LogP contribution is -2.32. The Morgan fingerprint density at radius 3 is 2.83 bits per heavy atom. The quantitative estimate of drug-likeness (QED) is 0.568. The van der Waals surface area contributed by atoms with Crippen molar-refractivity contribution >= 4 is 17.1 Å². The number of aromatic nitrogens is 5. The molecule has 1 aliphatic rings. The lowest BCUT2D eigenvalue weighted by molar-refractivity contribution is 0.0788. The van der Waals surface area contributed by atoms with Crippen molar-refractivity contribution in [2.24, 2.45) is 0 Å². The molecule has 4 heterocycles. The van der Waals surface area contributed by atoms with Gasteiger partial charge in [-0.3, -0.25) is 19.0 Å². The number of H-pyrrole nitrogens is 1. The molecule has 8 heteroatoms. The Morgan fingerprint density at radius 1 is 1.20 bits per heavy atom. The second-order valence-corrected chi connectivity index (χ2v) is 7.46. The molecule has 5 rings (SSSR count). The summed E-state index contributed by atoms with van der Waals surface area (Å²) < 4.78 is 3.48. The number of aryl methyl sites for hydroxylation is 1. The highest BCUT2D eigenvalue weighted by Crippen LogP contribution is 2.28. The summed E-state index contributed by atoms with van der Waals surface area (Å²) in [5.74, 6) is -0.0784. The van der Waals surface area contributed by atoms with Crippen molar-refractivity contribution in [3.05, 3.63) is 70.9 Å². The van der Waals surface area contributed by atoms with Crippen molar-refractivity contribution in [2.75, 3.05) is 13.1 Å². The molecule has 4 aromatic rings. The van der Waals surface area contributed by atoms with Crippen LogP contribution in [0, 0.1) is 0 Å². The summed E-state index contributed by atoms with van der Waals surface area (Å²) in [5, 5.41) is 7.04. The highest BCUT2D eigenvalue weighted by molar-refractivity contribution is 5.99. The van der Waals surface area contributed by atoms with Gasteiger partial charge < -0.3 is 4.90 Å². The van der Waals surface area contributed by atoms with Gasteiger partial charge in [0.1, 0.15) is 0 Å². The van der Waals surface area contributed by atoms with E-state index in [1.165, 1.54) is 0 Å². The first-order valence-corrected chi connectivity index (χ1v) is 10.1. The third-order valence-electron chi connectivity index (χ3n) is 5.79. The van der Waals surface area contributed by atoms with E-state index in [0.717, 1.165) is 11.1 Å². The highest BCUT2D eigenvalue weighted by Gasteiger charge is 2.32. The van der Waals surface area contributed by atoms with E-state index in [1.54, 1.807) is 26.4 Å². The molecule has 1 fully saturated rings. The van der Waals surface area contributed by atoms with E-state index >= 15 is 0 Å². The minimum absolute atomic E-state index is 0.0706. The number of carbonyl (C=O) groups is 1. The smallest absolute Gasteiger partial charge is 0.330 e. The molecular weight excluding hydrogens is 380 g/mol. The summed E-state index contributed by atoms with van der Waals surface area (Å²) in [6.45, 7) is 3.59. The number of imidazole rings is 1. The Hall–Kier alpha value is -3.68. The molecule has 30 heavy (non-hydrogen) atoms. The summed E-state index contributed by atoms with van der Waals surface area (Å²) in [6, 6.07) is 13.3. The Balaban J connectivity index is 1.45.